The molecule has 0 aliphatic carbocycles. The molecule has 2 saturated heterocycles. The molecule has 7 aromatic carbocycles. The number of hydrogen-bond acceptors (Lipinski definition) is 19. The first kappa shape index (κ1) is 87.3. The number of likely N-dealkylation sites (tertiary alicyclic amines) is 1. The van der Waals surface area contributed by atoms with E-state index in [-0.39, 0.29) is 125 Å². The number of carbonyl (C=O) groups is 9. The maximum absolute atomic E-state index is 15.1. The largest absolute Gasteiger partial charge is 0.477 e. The number of benzene rings is 7. The van der Waals surface area contributed by atoms with E-state index in [1.807, 2.05) is 97.9 Å². The molecule has 2 heterocycles. The Kier molecular flexibility index (Phi) is 29.2. The van der Waals surface area contributed by atoms with E-state index in [1.165, 1.54) is 89.8 Å². The molecule has 26 nitrogen and oxygen atoms in total. The Hall–Kier alpha value is -11.3. The Balaban J connectivity index is 0.000000308. The van der Waals surface area contributed by atoms with Crippen molar-refractivity contribution in [1.29, 1.82) is 0 Å². The second kappa shape index (κ2) is 37.8. The van der Waals surface area contributed by atoms with Gasteiger partial charge in [-0.05, 0) is 125 Å². The van der Waals surface area contributed by atoms with Gasteiger partial charge in [0.25, 0.3) is 11.4 Å². The van der Waals surface area contributed by atoms with Crippen LogP contribution in [0.5, 0.6) is 0 Å². The van der Waals surface area contributed by atoms with Crippen LogP contribution in [0.15, 0.2) is 201 Å². The van der Waals surface area contributed by atoms with Crippen molar-refractivity contribution in [2.24, 2.45) is 11.8 Å². The van der Waals surface area contributed by atoms with E-state index in [0.29, 0.717) is 32.6 Å². The van der Waals surface area contributed by atoms with E-state index in [2.05, 4.69) is 96.8 Å². The summed E-state index contributed by atoms with van der Waals surface area (Å²) in [5, 5.41) is 43.4. The number of nitro groups is 2. The zero-order valence-electron chi connectivity index (χ0n) is 65.4. The highest BCUT2D eigenvalue weighted by Gasteiger charge is 2.57. The molecule has 0 spiro atoms. The van der Waals surface area contributed by atoms with E-state index in [9.17, 15) is 63.7 Å². The van der Waals surface area contributed by atoms with Crippen LogP contribution in [0.25, 0.3) is 0 Å². The minimum atomic E-state index is -3.40. The van der Waals surface area contributed by atoms with Gasteiger partial charge in [0.1, 0.15) is 31.8 Å². The van der Waals surface area contributed by atoms with Crippen molar-refractivity contribution in [2.45, 2.75) is 155 Å². The van der Waals surface area contributed by atoms with Crippen LogP contribution in [-0.4, -0.2) is 133 Å². The Morgan fingerprint density at radius 2 is 0.929 bits per heavy atom. The highest BCUT2D eigenvalue weighted by atomic mass is 31.2. The number of hydrogen-bond donors (Lipinski definition) is 4. The summed E-state index contributed by atoms with van der Waals surface area (Å²) >= 11 is 0. The molecule has 2 aliphatic heterocycles. The van der Waals surface area contributed by atoms with E-state index < -0.39 is 105 Å². The number of carboxylic acid groups (broad SMARTS) is 1. The lowest BCUT2D eigenvalue weighted by Gasteiger charge is -2.52. The predicted octanol–water partition coefficient (Wildman–Crippen LogP) is 14.3. The molecular formula is C84H97N6O20PSi2. The summed E-state index contributed by atoms with van der Waals surface area (Å²) in [7, 11) is -4.67. The minimum absolute atomic E-state index is 0.0264. The van der Waals surface area contributed by atoms with Crippen LogP contribution in [0.2, 0.25) is 36.3 Å². The number of ketones is 2. The lowest BCUT2D eigenvalue weighted by Crippen LogP contribution is -2.69. The average Bonchev–Trinajstić information content (AvgIpc) is 0.701. The number of ether oxygens (including phenoxy) is 4. The number of esters is 2. The SMILES string of the molecule is C=CCOC(=O)Nc1cc(C(=O)C[C@@H]2[C@@H]([C@@H](C)O[Si](C)(C)C(C)(C)C)C(=O)N2C(C(=O)O)=P(c2ccccc2)(c2ccccc2)c2ccccc2)ccc1CC(=O)OCc1ccc([N+](=O)[O-])cc1.C=CCOC(=O)Nc1cc(C(=O)C[C@H]2NC(=O)[C@@H]2[C@@H](C)O[Si](C)(C)C(C)(C)C)ccc1CC(=O)OCc1ccc([N+](=O)[O-])cc1. The van der Waals surface area contributed by atoms with Crippen LogP contribution in [0.3, 0.4) is 0 Å². The van der Waals surface area contributed by atoms with Crippen molar-refractivity contribution >= 4 is 121 Å². The summed E-state index contributed by atoms with van der Waals surface area (Å²) in [4.78, 5) is 143. The summed E-state index contributed by atoms with van der Waals surface area (Å²) in [6, 6.07) is 46.6. The fourth-order valence-electron chi connectivity index (χ4n) is 12.7. The summed E-state index contributed by atoms with van der Waals surface area (Å²) in [6.07, 6.45) is -0.858. The number of aliphatic carboxylic acids is 1. The van der Waals surface area contributed by atoms with Crippen molar-refractivity contribution < 1.29 is 85.9 Å². The first-order chi connectivity index (χ1) is 53.3. The molecule has 9 rings (SSSR count). The summed E-state index contributed by atoms with van der Waals surface area (Å²) < 4.78 is 34.2. The molecule has 0 radical (unpaired) electrons. The van der Waals surface area contributed by atoms with Gasteiger partial charge >= 0.3 is 30.1 Å². The molecule has 0 aromatic heterocycles. The Labute approximate surface area is 659 Å². The quantitative estimate of drug-likeness (QED) is 0.00342. The standard InChI is InChI=1S/C52H56N3O11PSi.C32H41N3O9Si/c1-8-30-64-51(61)53-43-31-38(27-26-37(43)32-46(57)65-34-36-24-28-39(29-25-36)55(62)63)45(56)33-44-47(35(2)66-68(6,7)52(3,4)5)48(58)54(44)49(50(59)60)67(40-18-12-9-13-19-40,41-20-14-10-15-21-41)42-22-16-11-17-23-42;1-8-15-42-31(39)34-25-16-23(12-11-22(25)17-28(37)43-19-21-9-13-24(14-10-21)35(40)41)27(36)18-26-29(30(38)33-26)20(2)44-45(6,7)32(3,4)5/h8-29,31,35,44,47H,1,30,32-34H2,2-7H3,(H,53,61)(H,59,60);8-14,16,20,26,29H,1,15,17-19H2,2-7H3,(H,33,38)(H,34,39)/t35-,44-,47-;20-,26-,29-/m11/s1. The summed E-state index contributed by atoms with van der Waals surface area (Å²) in [5.41, 5.74) is 2.04. The molecule has 0 unspecified atom stereocenters. The molecule has 4 amide bonds. The number of β-lactam (4-membered cyclic amide) rings is 2. The zero-order valence-corrected chi connectivity index (χ0v) is 68.3. The van der Waals surface area contributed by atoms with Crippen LogP contribution in [0.1, 0.15) is 111 Å². The Bertz CT molecular complexity index is 4660. The number of rotatable bonds is 33. The Morgan fingerprint density at radius 1 is 0.558 bits per heavy atom. The number of amides is 4. The maximum atomic E-state index is 15.1. The predicted molar refractivity (Wildman–Crippen MR) is 437 cm³/mol. The molecule has 0 saturated carbocycles. The third-order valence-corrected chi connectivity index (χ3v) is 34.1. The summed E-state index contributed by atoms with van der Waals surface area (Å²) in [5.74, 6) is -5.38. The van der Waals surface area contributed by atoms with Crippen LogP contribution in [0, 0.1) is 32.1 Å². The highest BCUT2D eigenvalue weighted by molar-refractivity contribution is 7.96. The third-order valence-electron chi connectivity index (χ3n) is 20.7. The van der Waals surface area contributed by atoms with Gasteiger partial charge in [-0.15, -0.1) is 0 Å². The fraction of sp³-hybridized carbons (Fsp3) is 0.333. The topological polar surface area (TPSA) is 355 Å². The number of anilines is 2. The van der Waals surface area contributed by atoms with Crippen molar-refractivity contribution in [3.63, 3.8) is 0 Å². The molecule has 0 bridgehead atoms. The van der Waals surface area contributed by atoms with Gasteiger partial charge < -0.3 is 43.1 Å². The molecule has 29 heteroatoms. The maximum Gasteiger partial charge on any atom is 0.411 e. The number of nitrogens with zero attached hydrogens (tertiary/aromatic N) is 3. The molecule has 2 aliphatic rings. The number of carboxylic acids is 1. The first-order valence-electron chi connectivity index (χ1n) is 36.7. The monoisotopic (exact) mass is 1600 g/mol. The summed E-state index contributed by atoms with van der Waals surface area (Å²) in [6.45, 7) is 27.9. The average molecular weight is 1600 g/mol. The molecule has 7 aromatic rings. The smallest absolute Gasteiger partial charge is 0.411 e. The number of Topliss-reactive ketones (excluding diaryl/α,β-unsaturated/α-hetero) is 2. The van der Waals surface area contributed by atoms with E-state index in [1.54, 1.807) is 19.1 Å². The molecule has 113 heavy (non-hydrogen) atoms. The van der Waals surface area contributed by atoms with Gasteiger partial charge in [0.15, 0.2) is 28.2 Å². The van der Waals surface area contributed by atoms with E-state index in [4.69, 9.17) is 27.8 Å². The molecule has 596 valence electrons. The van der Waals surface area contributed by atoms with Gasteiger partial charge in [-0.2, -0.15) is 0 Å². The second-order valence-corrected chi connectivity index (χ2v) is 43.3. The zero-order chi connectivity index (χ0) is 82.9. The van der Waals surface area contributed by atoms with Crippen molar-refractivity contribution in [3.8, 4) is 0 Å². The number of non-ortho nitro benzene ring substituents is 2. The molecular weight excluding hydrogens is 1500 g/mol. The third kappa shape index (κ3) is 21.7. The molecule has 4 N–H and O–H groups in total. The van der Waals surface area contributed by atoms with E-state index in [0.717, 1.165) is 0 Å². The highest BCUT2D eigenvalue weighted by Crippen LogP contribution is 2.51. The first-order valence-corrected chi connectivity index (χ1v) is 44.3. The minimum Gasteiger partial charge on any atom is -0.477 e. The van der Waals surface area contributed by atoms with Gasteiger partial charge in [-0.3, -0.25) is 59.6 Å². The normalized spacial score (nSPS) is 15.9. The Morgan fingerprint density at radius 3 is 1.27 bits per heavy atom. The van der Waals surface area contributed by atoms with Crippen LogP contribution in [0.4, 0.5) is 32.3 Å². The van der Waals surface area contributed by atoms with Gasteiger partial charge in [-0.25, -0.2) is 14.4 Å². The van der Waals surface area contributed by atoms with Crippen molar-refractivity contribution in [1.82, 2.24) is 10.2 Å². The fourth-order valence-corrected chi connectivity index (χ4v) is 19.9. The molecule has 2 fully saturated rings. The lowest BCUT2D eigenvalue weighted by atomic mass is 9.79. The number of nitro benzene ring substituents is 2. The number of nitrogens with one attached hydrogen (secondary N) is 3. The van der Waals surface area contributed by atoms with Gasteiger partial charge in [0.2, 0.25) is 11.8 Å². The molecule has 6 atom stereocenters. The second-order valence-electron chi connectivity index (χ2n) is 30.5. The van der Waals surface area contributed by atoms with Gasteiger partial charge in [0.05, 0.1) is 58.8 Å². The van der Waals surface area contributed by atoms with Gasteiger partial charge in [-0.1, -0.05) is 182 Å². The van der Waals surface area contributed by atoms with Gasteiger partial charge in [0, 0.05) is 66.5 Å². The van der Waals surface area contributed by atoms with E-state index >= 15 is 4.79 Å². The lowest BCUT2D eigenvalue weighted by molar-refractivity contribution is -0.385. The van der Waals surface area contributed by atoms with Crippen LogP contribution >= 0.6 is 6.89 Å². The van der Waals surface area contributed by atoms with Crippen LogP contribution in [-0.2, 0) is 77.8 Å². The number of carbonyl (C=O) groups excluding carboxylic acids is 8. The van der Waals surface area contributed by atoms with Crippen molar-refractivity contribution in [3.05, 3.63) is 255 Å². The van der Waals surface area contributed by atoms with Crippen LogP contribution < -0.4 is 31.9 Å². The van der Waals surface area contributed by atoms with Crippen molar-refractivity contribution in [2.75, 3.05) is 23.8 Å².